The molecule has 2 amide bonds. The lowest BCUT2D eigenvalue weighted by molar-refractivity contribution is -0.139. The normalized spacial score (nSPS) is 11.9. The largest absolute Gasteiger partial charge is 0.497 e. The fourth-order valence-corrected chi connectivity index (χ4v) is 5.25. The van der Waals surface area contributed by atoms with Gasteiger partial charge in [-0.15, -0.1) is 0 Å². The van der Waals surface area contributed by atoms with Crippen LogP contribution in [0.5, 0.6) is 5.75 Å². The summed E-state index contributed by atoms with van der Waals surface area (Å²) in [5.74, 6) is -0.365. The molecule has 0 aromatic heterocycles. The first-order valence-corrected chi connectivity index (χ1v) is 13.4. The number of hydrogen-bond donors (Lipinski definition) is 1. The molecule has 1 atom stereocenters. The van der Waals surface area contributed by atoms with E-state index in [0.717, 1.165) is 14.3 Å². The number of benzene rings is 3. The Morgan fingerprint density at radius 3 is 2.14 bits per heavy atom. The van der Waals surface area contributed by atoms with Gasteiger partial charge in [0.15, 0.2) is 0 Å². The maximum absolute atomic E-state index is 13.7. The number of carbonyl (C=O) groups is 2. The maximum Gasteiger partial charge on any atom is 0.264 e. The highest BCUT2D eigenvalue weighted by atomic mass is 79.9. The first-order chi connectivity index (χ1) is 17.2. The van der Waals surface area contributed by atoms with Gasteiger partial charge in [0.25, 0.3) is 10.0 Å². The van der Waals surface area contributed by atoms with Crippen LogP contribution in [0.3, 0.4) is 0 Å². The van der Waals surface area contributed by atoms with Crippen molar-refractivity contribution in [3.63, 3.8) is 0 Å². The maximum atomic E-state index is 13.7. The van der Waals surface area contributed by atoms with E-state index in [4.69, 9.17) is 4.74 Å². The highest BCUT2D eigenvalue weighted by molar-refractivity contribution is 9.10. The third-order valence-corrected chi connectivity index (χ3v) is 7.97. The van der Waals surface area contributed by atoms with Gasteiger partial charge >= 0.3 is 0 Å². The van der Waals surface area contributed by atoms with Crippen molar-refractivity contribution in [2.45, 2.75) is 24.4 Å². The summed E-state index contributed by atoms with van der Waals surface area (Å²) < 4.78 is 34.4. The number of halogens is 1. The smallest absolute Gasteiger partial charge is 0.264 e. The SMILES string of the molecule is CNC(=O)[C@H](C)N(Cc1ccc(Br)cc1)C(=O)CN(c1ccccc1)S(=O)(=O)c1ccc(OC)cc1. The fraction of sp³-hybridized carbons (Fsp3) is 0.231. The standard InChI is InChI=1S/C26H28BrN3O5S/c1-19(26(32)28-2)29(17-20-9-11-21(27)12-10-20)25(31)18-30(22-7-5-4-6-8-22)36(33,34)24-15-13-23(35-3)14-16-24/h4-16,19H,17-18H2,1-3H3,(H,28,32)/t19-/m0/s1. The molecule has 0 saturated carbocycles. The van der Waals surface area contributed by atoms with Crippen molar-refractivity contribution in [3.8, 4) is 5.75 Å². The minimum absolute atomic E-state index is 0.0127. The molecule has 3 aromatic rings. The van der Waals surface area contributed by atoms with E-state index in [9.17, 15) is 18.0 Å². The number of amides is 2. The molecule has 0 radical (unpaired) electrons. The molecule has 0 aliphatic carbocycles. The number of carbonyl (C=O) groups excluding carboxylic acids is 2. The van der Waals surface area contributed by atoms with Gasteiger partial charge in [0, 0.05) is 18.1 Å². The van der Waals surface area contributed by atoms with E-state index in [2.05, 4.69) is 21.2 Å². The van der Waals surface area contributed by atoms with E-state index < -0.39 is 28.5 Å². The molecule has 0 unspecified atom stereocenters. The average Bonchev–Trinajstić information content (AvgIpc) is 2.90. The summed E-state index contributed by atoms with van der Waals surface area (Å²) in [5.41, 5.74) is 1.13. The van der Waals surface area contributed by atoms with Gasteiger partial charge in [-0.05, 0) is 61.0 Å². The van der Waals surface area contributed by atoms with Gasteiger partial charge in [-0.1, -0.05) is 46.3 Å². The molecule has 190 valence electrons. The van der Waals surface area contributed by atoms with Crippen LogP contribution in [0.1, 0.15) is 12.5 Å². The van der Waals surface area contributed by atoms with Crippen molar-refractivity contribution < 1.29 is 22.7 Å². The van der Waals surface area contributed by atoms with Crippen molar-refractivity contribution in [1.82, 2.24) is 10.2 Å². The zero-order valence-electron chi connectivity index (χ0n) is 20.2. The molecule has 0 aliphatic heterocycles. The summed E-state index contributed by atoms with van der Waals surface area (Å²) in [6.07, 6.45) is 0. The molecule has 0 spiro atoms. The molecule has 8 nitrogen and oxygen atoms in total. The van der Waals surface area contributed by atoms with Crippen LogP contribution in [0.2, 0.25) is 0 Å². The molecular weight excluding hydrogens is 546 g/mol. The molecule has 0 fully saturated rings. The molecule has 36 heavy (non-hydrogen) atoms. The fourth-order valence-electron chi connectivity index (χ4n) is 3.58. The number of sulfonamides is 1. The summed E-state index contributed by atoms with van der Waals surface area (Å²) >= 11 is 3.39. The molecule has 10 heteroatoms. The monoisotopic (exact) mass is 573 g/mol. The minimum Gasteiger partial charge on any atom is -0.497 e. The summed E-state index contributed by atoms with van der Waals surface area (Å²) in [4.78, 5) is 27.5. The molecule has 0 aliphatic rings. The van der Waals surface area contributed by atoms with E-state index in [1.807, 2.05) is 24.3 Å². The summed E-state index contributed by atoms with van der Waals surface area (Å²) in [7, 11) is -1.13. The van der Waals surface area contributed by atoms with Crippen LogP contribution in [0.15, 0.2) is 88.2 Å². The van der Waals surface area contributed by atoms with E-state index in [1.165, 1.54) is 31.2 Å². The van der Waals surface area contributed by atoms with Crippen molar-refractivity contribution in [1.29, 1.82) is 0 Å². The second-order valence-electron chi connectivity index (χ2n) is 7.96. The minimum atomic E-state index is -4.11. The Kier molecular flexibility index (Phi) is 9.11. The van der Waals surface area contributed by atoms with Crippen LogP contribution in [-0.4, -0.2) is 51.9 Å². The van der Waals surface area contributed by atoms with Crippen molar-refractivity contribution in [2.75, 3.05) is 25.0 Å². The van der Waals surface area contributed by atoms with E-state index in [0.29, 0.717) is 11.4 Å². The topological polar surface area (TPSA) is 96.0 Å². The number of para-hydroxylation sites is 1. The van der Waals surface area contributed by atoms with Crippen LogP contribution >= 0.6 is 15.9 Å². The van der Waals surface area contributed by atoms with Gasteiger partial charge in [-0.25, -0.2) is 8.42 Å². The van der Waals surface area contributed by atoms with Crippen LogP contribution in [0.4, 0.5) is 5.69 Å². The first-order valence-electron chi connectivity index (χ1n) is 11.1. The molecule has 0 bridgehead atoms. The number of rotatable bonds is 10. The van der Waals surface area contributed by atoms with Gasteiger partial charge in [-0.3, -0.25) is 13.9 Å². The molecule has 3 rings (SSSR count). The number of methoxy groups -OCH3 is 1. The van der Waals surface area contributed by atoms with Gasteiger partial charge in [0.05, 0.1) is 17.7 Å². The van der Waals surface area contributed by atoms with Crippen molar-refractivity contribution in [2.24, 2.45) is 0 Å². The molecular formula is C26H28BrN3O5S. The predicted molar refractivity (Wildman–Crippen MR) is 142 cm³/mol. The Hall–Kier alpha value is -3.37. The third-order valence-electron chi connectivity index (χ3n) is 5.65. The Labute approximate surface area is 220 Å². The summed E-state index contributed by atoms with van der Waals surface area (Å²) in [6.45, 7) is 1.25. The van der Waals surface area contributed by atoms with Crippen LogP contribution in [-0.2, 0) is 26.2 Å². The lowest BCUT2D eigenvalue weighted by Gasteiger charge is -2.31. The Bertz CT molecular complexity index is 1280. The van der Waals surface area contributed by atoms with Gasteiger partial charge in [0.2, 0.25) is 11.8 Å². The van der Waals surface area contributed by atoms with Gasteiger partial charge in [-0.2, -0.15) is 0 Å². The molecule has 1 N–H and O–H groups in total. The summed E-state index contributed by atoms with van der Waals surface area (Å²) in [5, 5.41) is 2.56. The number of anilines is 1. The zero-order chi connectivity index (χ0) is 26.3. The Balaban J connectivity index is 1.99. The van der Waals surface area contributed by atoms with E-state index in [-0.39, 0.29) is 17.3 Å². The van der Waals surface area contributed by atoms with Gasteiger partial charge < -0.3 is 15.0 Å². The number of nitrogens with one attached hydrogen (secondary N) is 1. The molecule has 0 heterocycles. The zero-order valence-corrected chi connectivity index (χ0v) is 22.6. The lowest BCUT2D eigenvalue weighted by atomic mass is 10.1. The van der Waals surface area contributed by atoms with Gasteiger partial charge in [0.1, 0.15) is 18.3 Å². The number of nitrogens with zero attached hydrogens (tertiary/aromatic N) is 2. The number of ether oxygens (including phenoxy) is 1. The van der Waals surface area contributed by atoms with Crippen LogP contribution < -0.4 is 14.4 Å². The Morgan fingerprint density at radius 2 is 1.58 bits per heavy atom. The number of likely N-dealkylation sites (N-methyl/N-ethyl adjacent to an activating group) is 1. The third kappa shape index (κ3) is 6.44. The van der Waals surface area contributed by atoms with Crippen molar-refractivity contribution >= 4 is 43.5 Å². The molecule has 3 aromatic carbocycles. The van der Waals surface area contributed by atoms with Crippen LogP contribution in [0, 0.1) is 0 Å². The van der Waals surface area contributed by atoms with Crippen molar-refractivity contribution in [3.05, 3.63) is 88.9 Å². The predicted octanol–water partition coefficient (Wildman–Crippen LogP) is 3.82. The Morgan fingerprint density at radius 1 is 0.972 bits per heavy atom. The quantitative estimate of drug-likeness (QED) is 0.398. The van der Waals surface area contributed by atoms with E-state index in [1.54, 1.807) is 49.4 Å². The number of hydrogen-bond acceptors (Lipinski definition) is 5. The lowest BCUT2D eigenvalue weighted by Crippen LogP contribution is -2.50. The summed E-state index contributed by atoms with van der Waals surface area (Å²) in [6, 6.07) is 20.9. The highest BCUT2D eigenvalue weighted by Crippen LogP contribution is 2.26. The average molecular weight is 574 g/mol. The second kappa shape index (κ2) is 12.0. The van der Waals surface area contributed by atoms with E-state index >= 15 is 0 Å². The van der Waals surface area contributed by atoms with Crippen LogP contribution in [0.25, 0.3) is 0 Å². The first kappa shape index (κ1) is 27.2. The second-order valence-corrected chi connectivity index (χ2v) is 10.7. The molecule has 0 saturated heterocycles. The highest BCUT2D eigenvalue weighted by Gasteiger charge is 2.32.